The number of rotatable bonds is 1. The highest BCUT2D eigenvalue weighted by molar-refractivity contribution is 5.91. The third-order valence-corrected chi connectivity index (χ3v) is 5.91. The highest BCUT2D eigenvalue weighted by Crippen LogP contribution is 2.39. The zero-order valence-electron chi connectivity index (χ0n) is 16.4. The monoisotopic (exact) mass is 401 g/mol. The van der Waals surface area contributed by atoms with E-state index < -0.39 is 11.6 Å². The van der Waals surface area contributed by atoms with Crippen molar-refractivity contribution < 1.29 is 14.6 Å². The number of pyridine rings is 2. The van der Waals surface area contributed by atoms with Crippen LogP contribution in [0.1, 0.15) is 35.6 Å². The lowest BCUT2D eigenvalue weighted by Gasteiger charge is -2.31. The summed E-state index contributed by atoms with van der Waals surface area (Å²) in [5, 5.41) is 11.9. The molecule has 0 saturated heterocycles. The average Bonchev–Trinajstić information content (AvgIpc) is 3.13. The van der Waals surface area contributed by atoms with Crippen LogP contribution in [-0.2, 0) is 28.3 Å². The fourth-order valence-electron chi connectivity index (χ4n) is 4.31. The first-order chi connectivity index (χ1) is 14.5. The molecule has 0 bridgehead atoms. The van der Waals surface area contributed by atoms with Gasteiger partial charge >= 0.3 is 5.97 Å². The van der Waals surface area contributed by atoms with E-state index in [1.54, 1.807) is 17.6 Å². The Morgan fingerprint density at radius 2 is 2.10 bits per heavy atom. The van der Waals surface area contributed by atoms with Gasteiger partial charge in [-0.1, -0.05) is 37.0 Å². The van der Waals surface area contributed by atoms with Gasteiger partial charge < -0.3 is 20.1 Å². The van der Waals surface area contributed by atoms with Crippen LogP contribution in [0.4, 0.5) is 0 Å². The summed E-state index contributed by atoms with van der Waals surface area (Å²) in [6.45, 7) is 2.06. The van der Waals surface area contributed by atoms with Crippen molar-refractivity contribution in [2.75, 3.05) is 6.54 Å². The molecule has 7 heteroatoms. The maximum atomic E-state index is 13.3. The van der Waals surface area contributed by atoms with E-state index in [-0.39, 0.29) is 25.1 Å². The van der Waals surface area contributed by atoms with Crippen LogP contribution in [0.3, 0.4) is 0 Å². The molecule has 1 atom stereocenters. The normalized spacial score (nSPS) is 18.8. The van der Waals surface area contributed by atoms with Crippen LogP contribution in [0.5, 0.6) is 0 Å². The Morgan fingerprint density at radius 3 is 2.87 bits per heavy atom. The molecule has 2 aromatic heterocycles. The number of aromatic nitrogens is 2. The molecule has 0 spiro atoms. The van der Waals surface area contributed by atoms with Crippen LogP contribution < -0.4 is 11.3 Å². The van der Waals surface area contributed by atoms with E-state index in [9.17, 15) is 14.7 Å². The maximum Gasteiger partial charge on any atom is 0.343 e. The second-order valence-corrected chi connectivity index (χ2v) is 7.44. The van der Waals surface area contributed by atoms with Gasteiger partial charge in [-0.2, -0.15) is 0 Å². The summed E-state index contributed by atoms with van der Waals surface area (Å²) in [7, 11) is 0. The molecule has 30 heavy (non-hydrogen) atoms. The summed E-state index contributed by atoms with van der Waals surface area (Å²) in [6.07, 6.45) is 0.104. The van der Waals surface area contributed by atoms with E-state index in [1.165, 1.54) is 0 Å². The molecule has 3 N–H and O–H groups in total. The quantitative estimate of drug-likeness (QED) is 0.369. The highest BCUT2D eigenvalue weighted by Gasteiger charge is 2.45. The Morgan fingerprint density at radius 1 is 1.30 bits per heavy atom. The first-order valence-corrected chi connectivity index (χ1v) is 9.77. The number of hydrogen-bond donors (Lipinski definition) is 2. The van der Waals surface area contributed by atoms with E-state index in [4.69, 9.17) is 15.5 Å². The van der Waals surface area contributed by atoms with Gasteiger partial charge in [-0.15, -0.1) is 0 Å². The van der Waals surface area contributed by atoms with Crippen molar-refractivity contribution in [3.63, 3.8) is 0 Å². The predicted octanol–water partition coefficient (Wildman–Crippen LogP) is 1.39. The number of cyclic esters (lactones) is 1. The molecule has 0 aliphatic carbocycles. The van der Waals surface area contributed by atoms with Gasteiger partial charge in [0.1, 0.15) is 6.61 Å². The average molecular weight is 401 g/mol. The van der Waals surface area contributed by atoms with Gasteiger partial charge in [-0.05, 0) is 18.6 Å². The van der Waals surface area contributed by atoms with Crippen molar-refractivity contribution in [2.24, 2.45) is 5.73 Å². The summed E-state index contributed by atoms with van der Waals surface area (Å²) in [5.41, 5.74) is 7.64. The molecule has 3 aromatic rings. The summed E-state index contributed by atoms with van der Waals surface area (Å²) >= 11 is 0. The molecule has 2 aliphatic rings. The molecule has 1 aromatic carbocycles. The number of para-hydroxylation sites is 1. The van der Waals surface area contributed by atoms with E-state index in [0.29, 0.717) is 29.1 Å². The third-order valence-electron chi connectivity index (χ3n) is 5.91. The van der Waals surface area contributed by atoms with Gasteiger partial charge in [-0.3, -0.25) is 4.79 Å². The summed E-state index contributed by atoms with van der Waals surface area (Å²) < 4.78 is 6.72. The number of hydrogen-bond acceptors (Lipinski definition) is 6. The first-order valence-electron chi connectivity index (χ1n) is 9.77. The standard InChI is InChI=1S/C23H19N3O4/c1-2-23(29)17-10-19-20-15(11-26(19)21(27)16(17)12-30-22(23)28)13(7-5-9-24)14-6-3-4-8-18(14)25-20/h3-4,6,8,10,29H,2,9,11-12,24H2,1H3/t23-/m0/s1. The number of aliphatic hydroxyl groups is 1. The van der Waals surface area contributed by atoms with Crippen LogP contribution in [0.15, 0.2) is 35.1 Å². The number of nitrogens with two attached hydrogens (primary N) is 1. The summed E-state index contributed by atoms with van der Waals surface area (Å²) in [5.74, 6) is 5.32. The minimum Gasteiger partial charge on any atom is -0.458 e. The summed E-state index contributed by atoms with van der Waals surface area (Å²) in [4.78, 5) is 30.4. The Kier molecular flexibility index (Phi) is 4.03. The van der Waals surface area contributed by atoms with Crippen molar-refractivity contribution in [1.82, 2.24) is 9.55 Å². The number of ether oxygens (including phenoxy) is 1. The largest absolute Gasteiger partial charge is 0.458 e. The molecular formula is C23H19N3O4. The molecule has 2 aliphatic heterocycles. The van der Waals surface area contributed by atoms with Crippen molar-refractivity contribution in [3.05, 3.63) is 62.9 Å². The lowest BCUT2D eigenvalue weighted by atomic mass is 9.86. The fraction of sp³-hybridized carbons (Fsp3) is 0.261. The number of carbonyl (C=O) groups excluding carboxylic acids is 1. The van der Waals surface area contributed by atoms with Gasteiger partial charge in [0.25, 0.3) is 5.56 Å². The molecule has 0 radical (unpaired) electrons. The van der Waals surface area contributed by atoms with Crippen LogP contribution in [0, 0.1) is 11.8 Å². The Hall–Kier alpha value is -3.47. The molecule has 150 valence electrons. The molecule has 0 saturated carbocycles. The second-order valence-electron chi connectivity index (χ2n) is 7.44. The lowest BCUT2D eigenvalue weighted by molar-refractivity contribution is -0.172. The van der Waals surface area contributed by atoms with Gasteiger partial charge in [-0.25, -0.2) is 9.78 Å². The molecule has 7 nitrogen and oxygen atoms in total. The minimum atomic E-state index is -1.84. The van der Waals surface area contributed by atoms with E-state index >= 15 is 0 Å². The smallest absolute Gasteiger partial charge is 0.343 e. The van der Waals surface area contributed by atoms with Gasteiger partial charge in [0, 0.05) is 22.1 Å². The number of carbonyl (C=O) groups is 1. The molecule has 5 rings (SSSR count). The fourth-order valence-corrected chi connectivity index (χ4v) is 4.31. The zero-order chi connectivity index (χ0) is 21.0. The van der Waals surface area contributed by atoms with Crippen molar-refractivity contribution >= 4 is 16.9 Å². The second kappa shape index (κ2) is 6.52. The number of esters is 1. The first kappa shape index (κ1) is 18.6. The van der Waals surface area contributed by atoms with Gasteiger partial charge in [0.2, 0.25) is 0 Å². The Bertz CT molecular complexity index is 1360. The van der Waals surface area contributed by atoms with Gasteiger partial charge in [0.15, 0.2) is 5.60 Å². The minimum absolute atomic E-state index is 0.104. The Labute approximate surface area is 172 Å². The van der Waals surface area contributed by atoms with Crippen molar-refractivity contribution in [1.29, 1.82) is 0 Å². The SMILES string of the molecule is CC[C@@]1(O)C(=O)OCc2c1cc1n(c2=O)Cc2c-1nc1ccccc1c2C#CCN. The molecule has 0 unspecified atom stereocenters. The van der Waals surface area contributed by atoms with E-state index in [0.717, 1.165) is 22.0 Å². The molecular weight excluding hydrogens is 382 g/mol. The van der Waals surface area contributed by atoms with Crippen LogP contribution in [0.25, 0.3) is 22.3 Å². The van der Waals surface area contributed by atoms with E-state index in [1.807, 2.05) is 24.3 Å². The summed E-state index contributed by atoms with van der Waals surface area (Å²) in [6, 6.07) is 9.35. The number of fused-ring (bicyclic) bond motifs is 5. The van der Waals surface area contributed by atoms with Crippen molar-refractivity contribution in [2.45, 2.75) is 32.1 Å². The third kappa shape index (κ3) is 2.38. The van der Waals surface area contributed by atoms with Gasteiger partial charge in [0.05, 0.1) is 35.6 Å². The number of nitrogens with zero attached hydrogens (tertiary/aromatic N) is 2. The topological polar surface area (TPSA) is 107 Å². The zero-order valence-corrected chi connectivity index (χ0v) is 16.4. The predicted molar refractivity (Wildman–Crippen MR) is 110 cm³/mol. The Balaban J connectivity index is 1.84. The molecule has 0 fully saturated rings. The van der Waals surface area contributed by atoms with Crippen LogP contribution in [0.2, 0.25) is 0 Å². The molecule has 4 heterocycles. The van der Waals surface area contributed by atoms with Crippen LogP contribution in [-0.4, -0.2) is 27.2 Å². The van der Waals surface area contributed by atoms with E-state index in [2.05, 4.69) is 11.8 Å². The lowest BCUT2D eigenvalue weighted by Crippen LogP contribution is -2.44. The number of benzene rings is 1. The van der Waals surface area contributed by atoms with Crippen LogP contribution >= 0.6 is 0 Å². The maximum absolute atomic E-state index is 13.3. The van der Waals surface area contributed by atoms with Crippen molar-refractivity contribution in [3.8, 4) is 23.2 Å². The highest BCUT2D eigenvalue weighted by atomic mass is 16.6. The molecule has 0 amide bonds.